The Morgan fingerprint density at radius 1 is 1.65 bits per heavy atom. The maximum Gasteiger partial charge on any atom is 0.242 e. The number of hydrogen-bond donors (Lipinski definition) is 1. The minimum atomic E-state index is -0.190. The first kappa shape index (κ1) is 11.4. The van der Waals surface area contributed by atoms with Gasteiger partial charge in [-0.1, -0.05) is 13.0 Å². The maximum atomic E-state index is 11.7. The van der Waals surface area contributed by atoms with Gasteiger partial charge in [-0.25, -0.2) is 4.98 Å². The van der Waals surface area contributed by atoms with Crippen LogP contribution in [0.4, 0.5) is 5.82 Å². The van der Waals surface area contributed by atoms with Crippen molar-refractivity contribution in [1.82, 2.24) is 10.3 Å². The van der Waals surface area contributed by atoms with Crippen molar-refractivity contribution in [1.29, 1.82) is 5.26 Å². The first-order valence-corrected chi connectivity index (χ1v) is 5.67. The molecular formula is C12H14N4O. The highest BCUT2D eigenvalue weighted by Gasteiger charge is 2.28. The van der Waals surface area contributed by atoms with Gasteiger partial charge >= 0.3 is 0 Å². The van der Waals surface area contributed by atoms with Crippen LogP contribution in [0, 0.1) is 11.3 Å². The fraction of sp³-hybridized carbons (Fsp3) is 0.417. The second-order valence-corrected chi connectivity index (χ2v) is 3.90. The van der Waals surface area contributed by atoms with E-state index in [0.29, 0.717) is 18.1 Å². The summed E-state index contributed by atoms with van der Waals surface area (Å²) in [7, 11) is 0. The fourth-order valence-electron chi connectivity index (χ4n) is 2.04. The molecule has 0 radical (unpaired) electrons. The number of piperazine rings is 1. The van der Waals surface area contributed by atoms with E-state index < -0.39 is 0 Å². The second-order valence-electron chi connectivity index (χ2n) is 3.90. The molecule has 1 aliphatic rings. The first-order chi connectivity index (χ1) is 8.26. The SMILES string of the molecule is CCC1C(=O)NCCN1c1cccc(C#N)n1. The molecule has 1 amide bonds. The molecule has 0 spiro atoms. The monoisotopic (exact) mass is 230 g/mol. The summed E-state index contributed by atoms with van der Waals surface area (Å²) in [4.78, 5) is 17.9. The molecule has 1 unspecified atom stereocenters. The van der Waals surface area contributed by atoms with E-state index >= 15 is 0 Å². The number of hydrogen-bond acceptors (Lipinski definition) is 4. The number of aromatic nitrogens is 1. The molecule has 1 aliphatic heterocycles. The molecule has 88 valence electrons. The average molecular weight is 230 g/mol. The third kappa shape index (κ3) is 2.21. The predicted molar refractivity (Wildman–Crippen MR) is 63.4 cm³/mol. The van der Waals surface area contributed by atoms with Crippen molar-refractivity contribution in [2.75, 3.05) is 18.0 Å². The third-order valence-corrected chi connectivity index (χ3v) is 2.86. The van der Waals surface area contributed by atoms with Crippen molar-refractivity contribution in [2.45, 2.75) is 19.4 Å². The second kappa shape index (κ2) is 4.83. The summed E-state index contributed by atoms with van der Waals surface area (Å²) in [6.07, 6.45) is 0.726. The summed E-state index contributed by atoms with van der Waals surface area (Å²) in [5.41, 5.74) is 0.378. The topological polar surface area (TPSA) is 69.0 Å². The van der Waals surface area contributed by atoms with E-state index in [4.69, 9.17) is 5.26 Å². The lowest BCUT2D eigenvalue weighted by atomic mass is 10.1. The molecule has 2 heterocycles. The van der Waals surface area contributed by atoms with Gasteiger partial charge in [-0.3, -0.25) is 4.79 Å². The van der Waals surface area contributed by atoms with Gasteiger partial charge in [-0.15, -0.1) is 0 Å². The summed E-state index contributed by atoms with van der Waals surface area (Å²) >= 11 is 0. The summed E-state index contributed by atoms with van der Waals surface area (Å²) in [6, 6.07) is 7.11. The van der Waals surface area contributed by atoms with Crippen LogP contribution in [0.25, 0.3) is 0 Å². The zero-order valence-corrected chi connectivity index (χ0v) is 9.68. The van der Waals surface area contributed by atoms with Gasteiger partial charge in [-0.05, 0) is 18.6 Å². The van der Waals surface area contributed by atoms with Gasteiger partial charge in [0.05, 0.1) is 0 Å². The van der Waals surface area contributed by atoms with E-state index in [9.17, 15) is 4.79 Å². The Hall–Kier alpha value is -2.09. The normalized spacial score (nSPS) is 19.6. The predicted octanol–water partition coefficient (Wildman–Crippen LogP) is 0.668. The molecule has 1 aromatic heterocycles. The van der Waals surface area contributed by atoms with Crippen LogP contribution in [0.15, 0.2) is 18.2 Å². The van der Waals surface area contributed by atoms with Gasteiger partial charge in [0, 0.05) is 13.1 Å². The Bertz CT molecular complexity index is 466. The molecule has 1 aromatic rings. The van der Waals surface area contributed by atoms with Crippen molar-refractivity contribution < 1.29 is 4.79 Å². The van der Waals surface area contributed by atoms with E-state index in [-0.39, 0.29) is 11.9 Å². The fourth-order valence-corrected chi connectivity index (χ4v) is 2.04. The van der Waals surface area contributed by atoms with Crippen LogP contribution >= 0.6 is 0 Å². The Kier molecular flexibility index (Phi) is 3.24. The van der Waals surface area contributed by atoms with E-state index in [1.807, 2.05) is 24.0 Å². The zero-order chi connectivity index (χ0) is 12.3. The minimum absolute atomic E-state index is 0.0305. The van der Waals surface area contributed by atoms with Crippen molar-refractivity contribution >= 4 is 11.7 Å². The Morgan fingerprint density at radius 2 is 2.47 bits per heavy atom. The molecule has 1 N–H and O–H groups in total. The summed E-state index contributed by atoms with van der Waals surface area (Å²) in [6.45, 7) is 3.32. The van der Waals surface area contributed by atoms with Crippen molar-refractivity contribution in [3.8, 4) is 6.07 Å². The van der Waals surface area contributed by atoms with E-state index in [1.54, 1.807) is 12.1 Å². The largest absolute Gasteiger partial charge is 0.353 e. The zero-order valence-electron chi connectivity index (χ0n) is 9.68. The number of pyridine rings is 1. The number of amides is 1. The Morgan fingerprint density at radius 3 is 3.18 bits per heavy atom. The molecule has 1 fully saturated rings. The molecule has 2 rings (SSSR count). The van der Waals surface area contributed by atoms with Crippen LogP contribution in [0.5, 0.6) is 0 Å². The molecule has 0 bridgehead atoms. The van der Waals surface area contributed by atoms with Crippen LogP contribution in [0.1, 0.15) is 19.0 Å². The number of nitriles is 1. The average Bonchev–Trinajstić information content (AvgIpc) is 2.38. The highest BCUT2D eigenvalue weighted by atomic mass is 16.2. The molecular weight excluding hydrogens is 216 g/mol. The highest BCUT2D eigenvalue weighted by molar-refractivity contribution is 5.86. The van der Waals surface area contributed by atoms with Crippen molar-refractivity contribution in [2.24, 2.45) is 0 Å². The number of rotatable bonds is 2. The lowest BCUT2D eigenvalue weighted by Crippen LogP contribution is -2.55. The van der Waals surface area contributed by atoms with Gasteiger partial charge < -0.3 is 10.2 Å². The number of anilines is 1. The van der Waals surface area contributed by atoms with Crippen LogP contribution in [0.2, 0.25) is 0 Å². The molecule has 0 aromatic carbocycles. The number of nitrogens with zero attached hydrogens (tertiary/aromatic N) is 3. The molecule has 5 nitrogen and oxygen atoms in total. The number of nitrogens with one attached hydrogen (secondary N) is 1. The molecule has 0 saturated carbocycles. The minimum Gasteiger partial charge on any atom is -0.353 e. The van der Waals surface area contributed by atoms with Gasteiger partial charge in [0.2, 0.25) is 5.91 Å². The number of carbonyl (C=O) groups excluding carboxylic acids is 1. The van der Waals surface area contributed by atoms with Crippen molar-refractivity contribution in [3.05, 3.63) is 23.9 Å². The van der Waals surface area contributed by atoms with Gasteiger partial charge in [-0.2, -0.15) is 5.26 Å². The van der Waals surface area contributed by atoms with E-state index in [0.717, 1.165) is 13.0 Å². The van der Waals surface area contributed by atoms with Gasteiger partial charge in [0.15, 0.2) is 0 Å². The smallest absolute Gasteiger partial charge is 0.242 e. The van der Waals surface area contributed by atoms with E-state index in [1.165, 1.54) is 0 Å². The molecule has 1 atom stereocenters. The quantitative estimate of drug-likeness (QED) is 0.810. The summed E-state index contributed by atoms with van der Waals surface area (Å²) < 4.78 is 0. The van der Waals surface area contributed by atoms with Crippen molar-refractivity contribution in [3.63, 3.8) is 0 Å². The van der Waals surface area contributed by atoms with Crippen LogP contribution in [-0.2, 0) is 4.79 Å². The summed E-state index contributed by atoms with van der Waals surface area (Å²) in [5, 5.41) is 11.7. The standard InChI is InChI=1S/C12H14N4O/c1-2-10-12(17)14-6-7-16(10)11-5-3-4-9(8-13)15-11/h3-5,10H,2,6-7H2,1H3,(H,14,17). The van der Waals surface area contributed by atoms with Crippen LogP contribution < -0.4 is 10.2 Å². The maximum absolute atomic E-state index is 11.7. The third-order valence-electron chi connectivity index (χ3n) is 2.86. The molecule has 0 aliphatic carbocycles. The first-order valence-electron chi connectivity index (χ1n) is 5.67. The Labute approximate surface area is 100 Å². The van der Waals surface area contributed by atoms with Crippen LogP contribution in [-0.4, -0.2) is 30.0 Å². The Balaban J connectivity index is 2.31. The van der Waals surface area contributed by atoms with E-state index in [2.05, 4.69) is 10.3 Å². The van der Waals surface area contributed by atoms with Gasteiger partial charge in [0.25, 0.3) is 0 Å². The molecule has 17 heavy (non-hydrogen) atoms. The number of carbonyl (C=O) groups is 1. The molecule has 5 heteroatoms. The van der Waals surface area contributed by atoms with Gasteiger partial charge in [0.1, 0.15) is 23.6 Å². The lowest BCUT2D eigenvalue weighted by molar-refractivity contribution is -0.123. The summed E-state index contributed by atoms with van der Waals surface area (Å²) in [5.74, 6) is 0.730. The lowest BCUT2D eigenvalue weighted by Gasteiger charge is -2.35. The van der Waals surface area contributed by atoms with Crippen LogP contribution in [0.3, 0.4) is 0 Å². The highest BCUT2D eigenvalue weighted by Crippen LogP contribution is 2.18. The molecule has 1 saturated heterocycles.